The zero-order chi connectivity index (χ0) is 46.7. The third-order valence-electron chi connectivity index (χ3n) is 15.6. The first-order valence-electron chi connectivity index (χ1n) is 24.5. The van der Waals surface area contributed by atoms with Crippen LogP contribution in [0.4, 0.5) is 17.1 Å². The molecule has 2 spiro atoms. The molecule has 0 radical (unpaired) electrons. The fourth-order valence-electron chi connectivity index (χ4n) is 12.8. The first kappa shape index (κ1) is 39.8. The summed E-state index contributed by atoms with van der Waals surface area (Å²) in [5, 5.41) is 0. The van der Waals surface area contributed by atoms with Crippen LogP contribution in [0.2, 0.25) is 0 Å². The number of hydrogen-bond donors (Lipinski definition) is 0. The van der Waals surface area contributed by atoms with E-state index in [9.17, 15) is 0 Å². The molecule has 0 fully saturated rings. The molecule has 4 aliphatic rings. The molecule has 71 heavy (non-hydrogen) atoms. The van der Waals surface area contributed by atoms with Crippen LogP contribution in [0.1, 0.15) is 44.5 Å². The standard InChI is InChI=1S/C68H43NO2/c1-2-18-45(19-3-1)49-20-6-13-29-62(49)69(48-39-41-53-51-22-5-8-24-55(51)68(61(53)43-48)58-27-11-16-32-65(58)71-66-33-17-12-28-59(66)68)47-37-34-44(35-38-47)46-36-40-52-50-21-4-7-23-54(50)67(60(52)42-46)56-25-9-14-30-63(56)70-64-31-15-10-26-57(64)67/h1-43H. The number of hydrogen-bond acceptors (Lipinski definition) is 3. The molecule has 2 aliphatic carbocycles. The quantitative estimate of drug-likeness (QED) is 0.172. The van der Waals surface area contributed by atoms with Gasteiger partial charge in [-0.05, 0) is 122 Å². The Morgan fingerprint density at radius 1 is 0.239 bits per heavy atom. The highest BCUT2D eigenvalue weighted by Gasteiger charge is 2.52. The Bertz CT molecular complexity index is 3870. The second-order valence-corrected chi connectivity index (χ2v) is 19.0. The van der Waals surface area contributed by atoms with Crippen molar-refractivity contribution in [3.63, 3.8) is 0 Å². The number of anilines is 3. The van der Waals surface area contributed by atoms with Crippen LogP contribution >= 0.6 is 0 Å². The molecule has 15 rings (SSSR count). The molecule has 0 amide bonds. The van der Waals surface area contributed by atoms with Crippen molar-refractivity contribution in [1.82, 2.24) is 0 Å². The van der Waals surface area contributed by atoms with Crippen LogP contribution in [-0.2, 0) is 10.8 Å². The van der Waals surface area contributed by atoms with Crippen LogP contribution in [0, 0.1) is 0 Å². The third kappa shape index (κ3) is 5.49. The Morgan fingerprint density at radius 3 is 1.15 bits per heavy atom. The summed E-state index contributed by atoms with van der Waals surface area (Å²) in [7, 11) is 0. The van der Waals surface area contributed by atoms with Crippen molar-refractivity contribution in [2.45, 2.75) is 10.8 Å². The summed E-state index contributed by atoms with van der Waals surface area (Å²) in [4.78, 5) is 2.45. The number of ether oxygens (including phenoxy) is 2. The summed E-state index contributed by atoms with van der Waals surface area (Å²) >= 11 is 0. The molecule has 0 atom stereocenters. The van der Waals surface area contributed by atoms with Crippen LogP contribution in [-0.4, -0.2) is 0 Å². The minimum absolute atomic E-state index is 0.540. The topological polar surface area (TPSA) is 21.7 Å². The third-order valence-corrected chi connectivity index (χ3v) is 15.6. The first-order chi connectivity index (χ1) is 35.2. The molecule has 2 aliphatic heterocycles. The maximum Gasteiger partial charge on any atom is 0.132 e. The molecule has 0 N–H and O–H groups in total. The van der Waals surface area contributed by atoms with Crippen molar-refractivity contribution < 1.29 is 9.47 Å². The summed E-state index contributed by atoms with van der Waals surface area (Å²) in [5.74, 6) is 3.55. The van der Waals surface area contributed by atoms with E-state index in [1.807, 2.05) is 0 Å². The van der Waals surface area contributed by atoms with Gasteiger partial charge >= 0.3 is 0 Å². The number of rotatable bonds is 5. The molecule has 3 heteroatoms. The van der Waals surface area contributed by atoms with Crippen molar-refractivity contribution in [1.29, 1.82) is 0 Å². The molecule has 3 nitrogen and oxygen atoms in total. The molecule has 2 heterocycles. The monoisotopic (exact) mass is 905 g/mol. The van der Waals surface area contributed by atoms with E-state index in [2.05, 4.69) is 266 Å². The van der Waals surface area contributed by atoms with Crippen LogP contribution in [0.15, 0.2) is 261 Å². The van der Waals surface area contributed by atoms with Gasteiger partial charge in [-0.3, -0.25) is 0 Å². The minimum atomic E-state index is -0.599. The van der Waals surface area contributed by atoms with E-state index >= 15 is 0 Å². The van der Waals surface area contributed by atoms with Gasteiger partial charge in [0.1, 0.15) is 23.0 Å². The van der Waals surface area contributed by atoms with Crippen LogP contribution in [0.25, 0.3) is 44.5 Å². The van der Waals surface area contributed by atoms with Crippen molar-refractivity contribution >= 4 is 17.1 Å². The van der Waals surface area contributed by atoms with Crippen molar-refractivity contribution in [3.8, 4) is 67.5 Å². The Morgan fingerprint density at radius 2 is 0.620 bits per heavy atom. The molecule has 332 valence electrons. The van der Waals surface area contributed by atoms with Gasteiger partial charge in [0.05, 0.1) is 16.5 Å². The molecule has 0 saturated carbocycles. The molecule has 0 saturated heterocycles. The van der Waals surface area contributed by atoms with Crippen LogP contribution in [0.5, 0.6) is 23.0 Å². The molecular formula is C68H43NO2. The second-order valence-electron chi connectivity index (χ2n) is 19.0. The number of nitrogens with zero attached hydrogens (tertiary/aromatic N) is 1. The highest BCUT2D eigenvalue weighted by atomic mass is 16.5. The van der Waals surface area contributed by atoms with E-state index in [0.29, 0.717) is 0 Å². The van der Waals surface area contributed by atoms with Gasteiger partial charge in [0, 0.05) is 39.2 Å². The van der Waals surface area contributed by atoms with Crippen molar-refractivity contribution in [3.05, 3.63) is 305 Å². The van der Waals surface area contributed by atoms with E-state index in [1.165, 1.54) is 44.5 Å². The lowest BCUT2D eigenvalue weighted by Crippen LogP contribution is -2.32. The predicted octanol–water partition coefficient (Wildman–Crippen LogP) is 17.4. The van der Waals surface area contributed by atoms with Gasteiger partial charge in [-0.15, -0.1) is 0 Å². The number of benzene rings is 11. The fraction of sp³-hybridized carbons (Fsp3) is 0.0294. The van der Waals surface area contributed by atoms with E-state index < -0.39 is 10.8 Å². The molecule has 11 aromatic carbocycles. The smallest absolute Gasteiger partial charge is 0.132 e. The van der Waals surface area contributed by atoms with Gasteiger partial charge in [-0.1, -0.05) is 200 Å². The summed E-state index contributed by atoms with van der Waals surface area (Å²) in [6, 6.07) is 95.1. The number of fused-ring (bicyclic) bond motifs is 18. The maximum absolute atomic E-state index is 6.71. The number of para-hydroxylation sites is 5. The van der Waals surface area contributed by atoms with E-state index in [0.717, 1.165) is 84.6 Å². The maximum atomic E-state index is 6.71. The van der Waals surface area contributed by atoms with E-state index in [-0.39, 0.29) is 0 Å². The Hall–Kier alpha value is -9.18. The Balaban J connectivity index is 0.921. The zero-order valence-corrected chi connectivity index (χ0v) is 38.6. The van der Waals surface area contributed by atoms with Crippen molar-refractivity contribution in [2.24, 2.45) is 0 Å². The second kappa shape index (κ2) is 15.2. The molecular weight excluding hydrogens is 863 g/mol. The van der Waals surface area contributed by atoms with E-state index in [4.69, 9.17) is 9.47 Å². The van der Waals surface area contributed by atoms with Crippen LogP contribution < -0.4 is 14.4 Å². The largest absolute Gasteiger partial charge is 0.457 e. The lowest BCUT2D eigenvalue weighted by Gasteiger charge is -2.39. The van der Waals surface area contributed by atoms with E-state index in [1.54, 1.807) is 0 Å². The highest BCUT2D eigenvalue weighted by Crippen LogP contribution is 2.64. The average molecular weight is 906 g/mol. The normalized spacial score (nSPS) is 14.1. The molecule has 0 aromatic heterocycles. The fourth-order valence-corrected chi connectivity index (χ4v) is 12.8. The summed E-state index contributed by atoms with van der Waals surface area (Å²) in [5.41, 5.74) is 21.4. The minimum Gasteiger partial charge on any atom is -0.457 e. The predicted molar refractivity (Wildman–Crippen MR) is 287 cm³/mol. The zero-order valence-electron chi connectivity index (χ0n) is 38.6. The summed E-state index contributed by atoms with van der Waals surface area (Å²) in [6.45, 7) is 0. The molecule has 11 aromatic rings. The molecule has 0 bridgehead atoms. The van der Waals surface area contributed by atoms with Gasteiger partial charge in [0.25, 0.3) is 0 Å². The lowest BCUT2D eigenvalue weighted by molar-refractivity contribution is 0.436. The van der Waals surface area contributed by atoms with Crippen molar-refractivity contribution in [2.75, 3.05) is 4.90 Å². The average Bonchev–Trinajstić information content (AvgIpc) is 3.89. The van der Waals surface area contributed by atoms with Gasteiger partial charge in [-0.2, -0.15) is 0 Å². The summed E-state index contributed by atoms with van der Waals surface area (Å²) in [6.07, 6.45) is 0. The van der Waals surface area contributed by atoms with Gasteiger partial charge in [0.15, 0.2) is 0 Å². The lowest BCUT2D eigenvalue weighted by atomic mass is 9.66. The Labute approximate surface area is 413 Å². The van der Waals surface area contributed by atoms with Crippen LogP contribution in [0.3, 0.4) is 0 Å². The first-order valence-corrected chi connectivity index (χ1v) is 24.5. The SMILES string of the molecule is c1ccc(-c2ccccc2N(c2ccc(-c3ccc4c(c3)C3(c5ccccc5Oc5ccccc53)c3ccccc3-4)cc2)c2ccc3c(c2)C2(c4ccccc4Oc4ccccc42)c2ccccc2-3)cc1. The highest BCUT2D eigenvalue weighted by molar-refractivity contribution is 5.95. The summed E-state index contributed by atoms with van der Waals surface area (Å²) < 4.78 is 13.4. The van der Waals surface area contributed by atoms with Gasteiger partial charge in [-0.25, -0.2) is 0 Å². The molecule has 0 unspecified atom stereocenters. The Kier molecular flexibility index (Phi) is 8.49. The van der Waals surface area contributed by atoms with Gasteiger partial charge < -0.3 is 14.4 Å². The van der Waals surface area contributed by atoms with Gasteiger partial charge in [0.2, 0.25) is 0 Å².